The van der Waals surface area contributed by atoms with Crippen LogP contribution in [0.1, 0.15) is 25.7 Å². The molecule has 1 saturated carbocycles. The van der Waals surface area contributed by atoms with Crippen molar-refractivity contribution in [3.63, 3.8) is 0 Å². The van der Waals surface area contributed by atoms with Crippen LogP contribution >= 0.6 is 0 Å². The summed E-state index contributed by atoms with van der Waals surface area (Å²) >= 11 is 0. The summed E-state index contributed by atoms with van der Waals surface area (Å²) in [5, 5.41) is 6.35. The third-order valence-corrected chi connectivity index (χ3v) is 3.35. The van der Waals surface area contributed by atoms with Gasteiger partial charge in [0.05, 0.1) is 0 Å². The van der Waals surface area contributed by atoms with Crippen molar-refractivity contribution >= 4 is 5.91 Å². The zero-order valence-corrected chi connectivity index (χ0v) is 10.0. The quantitative estimate of drug-likeness (QED) is 0.635. The molecule has 2 fully saturated rings. The number of amides is 1. The van der Waals surface area contributed by atoms with Crippen LogP contribution in [0.2, 0.25) is 0 Å². The van der Waals surface area contributed by atoms with Crippen LogP contribution < -0.4 is 10.6 Å². The number of piperazine rings is 1. The van der Waals surface area contributed by atoms with Crippen molar-refractivity contribution in [2.45, 2.75) is 25.7 Å². The Morgan fingerprint density at radius 2 is 2.06 bits per heavy atom. The molecule has 0 aromatic carbocycles. The third-order valence-electron chi connectivity index (χ3n) is 3.35. The molecule has 0 radical (unpaired) electrons. The summed E-state index contributed by atoms with van der Waals surface area (Å²) in [5.74, 6) is 0.955. The zero-order chi connectivity index (χ0) is 11.2. The summed E-state index contributed by atoms with van der Waals surface area (Å²) in [4.78, 5) is 13.9. The lowest BCUT2D eigenvalue weighted by Crippen LogP contribution is -2.44. The summed E-state index contributed by atoms with van der Waals surface area (Å²) in [5.41, 5.74) is 0. The smallest absolute Gasteiger partial charge is 0.220 e. The Morgan fingerprint density at radius 3 is 2.75 bits per heavy atom. The van der Waals surface area contributed by atoms with E-state index in [0.29, 0.717) is 5.92 Å². The molecular weight excluding hydrogens is 202 g/mol. The van der Waals surface area contributed by atoms with E-state index in [0.717, 1.165) is 52.1 Å². The summed E-state index contributed by atoms with van der Waals surface area (Å²) in [6, 6.07) is 0. The van der Waals surface area contributed by atoms with Crippen LogP contribution in [-0.2, 0) is 4.79 Å². The summed E-state index contributed by atoms with van der Waals surface area (Å²) in [6.07, 6.45) is 4.35. The Hall–Kier alpha value is -0.610. The molecule has 0 bridgehead atoms. The molecule has 2 rings (SSSR count). The molecule has 1 saturated heterocycles. The third kappa shape index (κ3) is 4.49. The van der Waals surface area contributed by atoms with E-state index >= 15 is 0 Å². The van der Waals surface area contributed by atoms with E-state index in [9.17, 15) is 4.79 Å². The van der Waals surface area contributed by atoms with Gasteiger partial charge in [0.2, 0.25) is 5.91 Å². The van der Waals surface area contributed by atoms with Gasteiger partial charge in [-0.2, -0.15) is 0 Å². The highest BCUT2D eigenvalue weighted by molar-refractivity contribution is 5.76. The van der Waals surface area contributed by atoms with Gasteiger partial charge in [-0.3, -0.25) is 4.79 Å². The average molecular weight is 225 g/mol. The first-order valence-corrected chi connectivity index (χ1v) is 6.54. The SMILES string of the molecule is O=C(CC1CC1)NCCCN1CCNCC1. The fourth-order valence-electron chi connectivity index (χ4n) is 2.12. The standard InChI is InChI=1S/C12H23N3O/c16-12(10-11-2-3-11)14-4-1-7-15-8-5-13-6-9-15/h11,13H,1-10H2,(H,14,16). The molecule has 0 unspecified atom stereocenters. The molecule has 2 aliphatic rings. The molecule has 0 aromatic rings. The molecule has 4 heteroatoms. The Kier molecular flexibility index (Phi) is 4.60. The van der Waals surface area contributed by atoms with E-state index in [1.54, 1.807) is 0 Å². The highest BCUT2D eigenvalue weighted by atomic mass is 16.1. The fourth-order valence-corrected chi connectivity index (χ4v) is 2.12. The van der Waals surface area contributed by atoms with Crippen LogP contribution in [0.3, 0.4) is 0 Å². The van der Waals surface area contributed by atoms with E-state index in [1.165, 1.54) is 12.8 Å². The first-order chi connectivity index (χ1) is 7.84. The van der Waals surface area contributed by atoms with Gasteiger partial charge in [0.25, 0.3) is 0 Å². The molecule has 4 nitrogen and oxygen atoms in total. The minimum Gasteiger partial charge on any atom is -0.356 e. The molecule has 2 N–H and O–H groups in total. The Bertz CT molecular complexity index is 222. The molecule has 1 heterocycles. The number of hydrogen-bond donors (Lipinski definition) is 2. The van der Waals surface area contributed by atoms with Crippen LogP contribution in [0.4, 0.5) is 0 Å². The Morgan fingerprint density at radius 1 is 1.31 bits per heavy atom. The Labute approximate surface area is 97.8 Å². The van der Waals surface area contributed by atoms with Gasteiger partial charge < -0.3 is 15.5 Å². The summed E-state index contributed by atoms with van der Waals surface area (Å²) in [6.45, 7) is 6.47. The number of carbonyl (C=O) groups is 1. The lowest BCUT2D eigenvalue weighted by atomic mass is 10.2. The topological polar surface area (TPSA) is 44.4 Å². The predicted octanol–water partition coefficient (Wildman–Crippen LogP) is 0.198. The van der Waals surface area contributed by atoms with Crippen LogP contribution in [0.5, 0.6) is 0 Å². The van der Waals surface area contributed by atoms with Crippen molar-refractivity contribution in [3.05, 3.63) is 0 Å². The molecule has 1 aliphatic carbocycles. The number of rotatable bonds is 6. The lowest BCUT2D eigenvalue weighted by molar-refractivity contribution is -0.121. The zero-order valence-electron chi connectivity index (χ0n) is 10.0. The normalized spacial score (nSPS) is 22.0. The van der Waals surface area contributed by atoms with Crippen LogP contribution in [0, 0.1) is 5.92 Å². The molecule has 0 atom stereocenters. The largest absolute Gasteiger partial charge is 0.356 e. The van der Waals surface area contributed by atoms with Gasteiger partial charge in [-0.25, -0.2) is 0 Å². The summed E-state index contributed by atoms with van der Waals surface area (Å²) in [7, 11) is 0. The van der Waals surface area contributed by atoms with Gasteiger partial charge in [-0.05, 0) is 31.7 Å². The maximum Gasteiger partial charge on any atom is 0.220 e. The predicted molar refractivity (Wildman–Crippen MR) is 64.3 cm³/mol. The van der Waals surface area contributed by atoms with E-state index in [-0.39, 0.29) is 5.91 Å². The Balaban J connectivity index is 1.45. The van der Waals surface area contributed by atoms with Crippen molar-refractivity contribution in [2.75, 3.05) is 39.3 Å². The maximum atomic E-state index is 11.4. The second-order valence-electron chi connectivity index (χ2n) is 4.94. The van der Waals surface area contributed by atoms with Crippen LogP contribution in [-0.4, -0.2) is 50.1 Å². The minimum absolute atomic E-state index is 0.253. The van der Waals surface area contributed by atoms with E-state index in [2.05, 4.69) is 15.5 Å². The van der Waals surface area contributed by atoms with Gasteiger partial charge >= 0.3 is 0 Å². The van der Waals surface area contributed by atoms with Gasteiger partial charge in [-0.1, -0.05) is 0 Å². The first-order valence-electron chi connectivity index (χ1n) is 6.54. The van der Waals surface area contributed by atoms with Gasteiger partial charge in [0, 0.05) is 39.1 Å². The van der Waals surface area contributed by atoms with Crippen molar-refractivity contribution < 1.29 is 4.79 Å². The maximum absolute atomic E-state index is 11.4. The minimum atomic E-state index is 0.253. The second kappa shape index (κ2) is 6.21. The van der Waals surface area contributed by atoms with E-state index in [1.807, 2.05) is 0 Å². The molecule has 1 aliphatic heterocycles. The molecular formula is C12H23N3O. The molecule has 92 valence electrons. The van der Waals surface area contributed by atoms with Crippen LogP contribution in [0.15, 0.2) is 0 Å². The van der Waals surface area contributed by atoms with Crippen molar-refractivity contribution in [1.29, 1.82) is 0 Å². The highest BCUT2D eigenvalue weighted by Crippen LogP contribution is 2.31. The van der Waals surface area contributed by atoms with Gasteiger partial charge in [0.15, 0.2) is 0 Å². The lowest BCUT2D eigenvalue weighted by Gasteiger charge is -2.27. The van der Waals surface area contributed by atoms with Crippen molar-refractivity contribution in [3.8, 4) is 0 Å². The van der Waals surface area contributed by atoms with Crippen molar-refractivity contribution in [1.82, 2.24) is 15.5 Å². The van der Waals surface area contributed by atoms with E-state index < -0.39 is 0 Å². The number of nitrogens with zero attached hydrogens (tertiary/aromatic N) is 1. The number of carbonyl (C=O) groups excluding carboxylic acids is 1. The van der Waals surface area contributed by atoms with Gasteiger partial charge in [0.1, 0.15) is 0 Å². The molecule has 0 spiro atoms. The molecule has 1 amide bonds. The first kappa shape index (κ1) is 11.9. The summed E-state index contributed by atoms with van der Waals surface area (Å²) < 4.78 is 0. The average Bonchev–Trinajstić information content (AvgIpc) is 3.10. The van der Waals surface area contributed by atoms with E-state index in [4.69, 9.17) is 0 Å². The molecule has 16 heavy (non-hydrogen) atoms. The fraction of sp³-hybridized carbons (Fsp3) is 0.917. The highest BCUT2D eigenvalue weighted by Gasteiger charge is 2.23. The number of nitrogens with one attached hydrogen (secondary N) is 2. The number of hydrogen-bond acceptors (Lipinski definition) is 3. The van der Waals surface area contributed by atoms with Gasteiger partial charge in [-0.15, -0.1) is 0 Å². The molecule has 0 aromatic heterocycles. The second-order valence-corrected chi connectivity index (χ2v) is 4.94. The van der Waals surface area contributed by atoms with Crippen LogP contribution in [0.25, 0.3) is 0 Å². The monoisotopic (exact) mass is 225 g/mol. The van der Waals surface area contributed by atoms with Crippen molar-refractivity contribution in [2.24, 2.45) is 5.92 Å².